The number of carbonyl (C=O) groups excluding carboxylic acids is 2. The average molecular weight is 466 g/mol. The number of carbonyl (C=O) groups is 2. The van der Waals surface area contributed by atoms with Crippen LogP contribution in [0.1, 0.15) is 59.5 Å². The first-order valence-corrected chi connectivity index (χ1v) is 11.8. The van der Waals surface area contributed by atoms with Crippen molar-refractivity contribution >= 4 is 23.4 Å². The Morgan fingerprint density at radius 2 is 1.73 bits per heavy atom. The molecular weight excluding hydrogens is 438 g/mol. The predicted molar refractivity (Wildman–Crippen MR) is 126 cm³/mol. The van der Waals surface area contributed by atoms with Crippen molar-refractivity contribution in [2.45, 2.75) is 51.7 Å². The van der Waals surface area contributed by atoms with Crippen LogP contribution in [0.2, 0.25) is 5.02 Å². The molecule has 3 aromatic rings. The Bertz CT molecular complexity index is 1080. The Hall–Kier alpha value is -3.12. The molecule has 33 heavy (non-hydrogen) atoms. The molecule has 1 saturated carbocycles. The van der Waals surface area contributed by atoms with E-state index in [1.165, 1.54) is 6.42 Å². The number of hydrogen-bond donors (Lipinski definition) is 1. The van der Waals surface area contributed by atoms with Crippen molar-refractivity contribution in [3.63, 3.8) is 0 Å². The normalized spacial score (nSPS) is 14.1. The predicted octanol–water partition coefficient (Wildman–Crippen LogP) is 5.37. The minimum Gasteiger partial charge on any atom is -0.359 e. The lowest BCUT2D eigenvalue weighted by atomic mass is 9.88. The van der Waals surface area contributed by atoms with Gasteiger partial charge in [-0.15, -0.1) is 0 Å². The highest BCUT2D eigenvalue weighted by atomic mass is 35.5. The highest BCUT2D eigenvalue weighted by Gasteiger charge is 2.27. The fraction of sp³-hybridized carbons (Fsp3) is 0.346. The molecule has 172 valence electrons. The van der Waals surface area contributed by atoms with Gasteiger partial charge in [0, 0.05) is 30.1 Å². The standard InChI is InChI=1S/C26H28ClN3O3/c27-22-13-7-10-20(14-22)16-28-25(31)24-15-23(33-29-24)18-30(17-19-8-3-1-4-9-19)26(32)21-11-5-2-6-12-21/h1,3-4,7-10,13-15,21H,2,5-6,11-12,16-18H2,(H,28,31). The van der Waals surface area contributed by atoms with Gasteiger partial charge < -0.3 is 14.7 Å². The van der Waals surface area contributed by atoms with Crippen LogP contribution in [-0.2, 0) is 24.4 Å². The summed E-state index contributed by atoms with van der Waals surface area (Å²) in [6, 6.07) is 18.8. The summed E-state index contributed by atoms with van der Waals surface area (Å²) in [5.74, 6) is 0.342. The molecule has 0 atom stereocenters. The summed E-state index contributed by atoms with van der Waals surface area (Å²) < 4.78 is 5.44. The Morgan fingerprint density at radius 1 is 0.970 bits per heavy atom. The number of aromatic nitrogens is 1. The third kappa shape index (κ3) is 6.45. The third-order valence-electron chi connectivity index (χ3n) is 5.96. The Labute approximate surface area is 198 Å². The van der Waals surface area contributed by atoms with Crippen LogP contribution in [-0.4, -0.2) is 21.9 Å². The molecular formula is C26H28ClN3O3. The van der Waals surface area contributed by atoms with Gasteiger partial charge in [0.1, 0.15) is 0 Å². The number of benzene rings is 2. The summed E-state index contributed by atoms with van der Waals surface area (Å²) in [4.78, 5) is 27.7. The quantitative estimate of drug-likeness (QED) is 0.485. The van der Waals surface area contributed by atoms with Gasteiger partial charge in [-0.2, -0.15) is 0 Å². The molecule has 1 aliphatic carbocycles. The van der Waals surface area contributed by atoms with E-state index >= 15 is 0 Å². The van der Waals surface area contributed by atoms with Crippen LogP contribution < -0.4 is 5.32 Å². The van der Waals surface area contributed by atoms with E-state index in [0.29, 0.717) is 23.9 Å². The molecule has 2 aromatic carbocycles. The summed E-state index contributed by atoms with van der Waals surface area (Å²) in [6.07, 6.45) is 5.23. The van der Waals surface area contributed by atoms with Gasteiger partial charge in [-0.3, -0.25) is 9.59 Å². The molecule has 2 amide bonds. The smallest absolute Gasteiger partial charge is 0.273 e. The molecule has 1 aliphatic rings. The fourth-order valence-electron chi connectivity index (χ4n) is 4.23. The zero-order valence-corrected chi connectivity index (χ0v) is 19.3. The molecule has 6 nitrogen and oxygen atoms in total. The van der Waals surface area contributed by atoms with E-state index < -0.39 is 0 Å². The first-order chi connectivity index (χ1) is 16.1. The lowest BCUT2D eigenvalue weighted by molar-refractivity contribution is -0.138. The third-order valence-corrected chi connectivity index (χ3v) is 6.20. The van der Waals surface area contributed by atoms with Crippen molar-refractivity contribution < 1.29 is 14.1 Å². The monoisotopic (exact) mass is 465 g/mol. The largest absolute Gasteiger partial charge is 0.359 e. The van der Waals surface area contributed by atoms with E-state index in [9.17, 15) is 9.59 Å². The summed E-state index contributed by atoms with van der Waals surface area (Å²) in [6.45, 7) is 1.11. The van der Waals surface area contributed by atoms with Crippen LogP contribution in [0.4, 0.5) is 0 Å². The molecule has 1 heterocycles. The number of amides is 2. The Kier molecular flexibility index (Phi) is 7.79. The van der Waals surface area contributed by atoms with Gasteiger partial charge in [0.25, 0.3) is 5.91 Å². The molecule has 1 aromatic heterocycles. The van der Waals surface area contributed by atoms with Gasteiger partial charge in [0.15, 0.2) is 11.5 Å². The van der Waals surface area contributed by atoms with Crippen molar-refractivity contribution in [3.8, 4) is 0 Å². The van der Waals surface area contributed by atoms with E-state index in [0.717, 1.165) is 36.8 Å². The van der Waals surface area contributed by atoms with Crippen molar-refractivity contribution in [1.82, 2.24) is 15.4 Å². The molecule has 0 unspecified atom stereocenters. The zero-order valence-electron chi connectivity index (χ0n) is 18.5. The molecule has 4 rings (SSSR count). The number of nitrogens with zero attached hydrogens (tertiary/aromatic N) is 2. The number of nitrogens with one attached hydrogen (secondary N) is 1. The first kappa shape index (κ1) is 23.1. The summed E-state index contributed by atoms with van der Waals surface area (Å²) in [5.41, 5.74) is 2.14. The maximum atomic E-state index is 13.3. The van der Waals surface area contributed by atoms with E-state index in [1.54, 1.807) is 18.2 Å². The van der Waals surface area contributed by atoms with Crippen LogP contribution in [0.3, 0.4) is 0 Å². The zero-order chi connectivity index (χ0) is 23.0. The lowest BCUT2D eigenvalue weighted by Crippen LogP contribution is -2.36. The molecule has 7 heteroatoms. The molecule has 1 fully saturated rings. The maximum absolute atomic E-state index is 13.3. The van der Waals surface area contributed by atoms with E-state index in [1.807, 2.05) is 47.4 Å². The van der Waals surface area contributed by atoms with E-state index in [2.05, 4.69) is 10.5 Å². The van der Waals surface area contributed by atoms with Crippen molar-refractivity contribution in [2.75, 3.05) is 0 Å². The first-order valence-electron chi connectivity index (χ1n) is 11.4. The second-order valence-electron chi connectivity index (χ2n) is 8.51. The molecule has 0 bridgehead atoms. The summed E-state index contributed by atoms with van der Waals surface area (Å²) >= 11 is 6.00. The van der Waals surface area contributed by atoms with E-state index in [4.69, 9.17) is 16.1 Å². The van der Waals surface area contributed by atoms with Gasteiger partial charge in [0.05, 0.1) is 6.54 Å². The summed E-state index contributed by atoms with van der Waals surface area (Å²) in [7, 11) is 0. The molecule has 0 saturated heterocycles. The second kappa shape index (κ2) is 11.1. The Morgan fingerprint density at radius 3 is 2.48 bits per heavy atom. The van der Waals surface area contributed by atoms with Gasteiger partial charge in [-0.1, -0.05) is 78.5 Å². The highest BCUT2D eigenvalue weighted by molar-refractivity contribution is 6.30. The number of rotatable bonds is 8. The van der Waals surface area contributed by atoms with Gasteiger partial charge in [0.2, 0.25) is 5.91 Å². The highest BCUT2D eigenvalue weighted by Crippen LogP contribution is 2.27. The second-order valence-corrected chi connectivity index (χ2v) is 8.94. The average Bonchev–Trinajstić information content (AvgIpc) is 3.32. The van der Waals surface area contributed by atoms with Crippen LogP contribution in [0.5, 0.6) is 0 Å². The van der Waals surface area contributed by atoms with Gasteiger partial charge in [-0.25, -0.2) is 0 Å². The van der Waals surface area contributed by atoms with Crippen molar-refractivity contribution in [2.24, 2.45) is 5.92 Å². The van der Waals surface area contributed by atoms with Crippen LogP contribution in [0.15, 0.2) is 65.2 Å². The van der Waals surface area contributed by atoms with Crippen molar-refractivity contribution in [3.05, 3.63) is 88.3 Å². The topological polar surface area (TPSA) is 75.4 Å². The van der Waals surface area contributed by atoms with Gasteiger partial charge in [-0.05, 0) is 36.1 Å². The molecule has 0 radical (unpaired) electrons. The number of hydrogen-bond acceptors (Lipinski definition) is 4. The minimum atomic E-state index is -0.335. The minimum absolute atomic E-state index is 0.0471. The SMILES string of the molecule is O=C(NCc1cccc(Cl)c1)c1cc(CN(Cc2ccccc2)C(=O)C2CCCCC2)on1. The van der Waals surface area contributed by atoms with E-state index in [-0.39, 0.29) is 30.0 Å². The lowest BCUT2D eigenvalue weighted by Gasteiger charge is -2.28. The van der Waals surface area contributed by atoms with Gasteiger partial charge >= 0.3 is 0 Å². The molecule has 1 N–H and O–H groups in total. The van der Waals surface area contributed by atoms with Crippen molar-refractivity contribution in [1.29, 1.82) is 0 Å². The Balaban J connectivity index is 1.42. The summed E-state index contributed by atoms with van der Waals surface area (Å²) in [5, 5.41) is 7.37. The van der Waals surface area contributed by atoms with Crippen LogP contribution in [0, 0.1) is 5.92 Å². The molecule has 0 spiro atoms. The maximum Gasteiger partial charge on any atom is 0.273 e. The fourth-order valence-corrected chi connectivity index (χ4v) is 4.44. The van der Waals surface area contributed by atoms with Crippen LogP contribution in [0.25, 0.3) is 0 Å². The van der Waals surface area contributed by atoms with Crippen LogP contribution >= 0.6 is 11.6 Å². The number of halogens is 1. The molecule has 0 aliphatic heterocycles.